The highest BCUT2D eigenvalue weighted by molar-refractivity contribution is 7.10. The van der Waals surface area contributed by atoms with Crippen LogP contribution in [0.25, 0.3) is 0 Å². The molecule has 1 aliphatic heterocycles. The lowest BCUT2D eigenvalue weighted by molar-refractivity contribution is 0.107. The summed E-state index contributed by atoms with van der Waals surface area (Å²) in [6.45, 7) is 1.90. The van der Waals surface area contributed by atoms with Gasteiger partial charge in [0.1, 0.15) is 0 Å². The van der Waals surface area contributed by atoms with Gasteiger partial charge in [-0.2, -0.15) is 0 Å². The van der Waals surface area contributed by atoms with E-state index in [-0.39, 0.29) is 0 Å². The highest BCUT2D eigenvalue weighted by Crippen LogP contribution is 2.25. The fraction of sp³-hybridized carbons (Fsp3) is 0.467. The molecule has 1 aliphatic rings. The highest BCUT2D eigenvalue weighted by atomic mass is 32.1. The van der Waals surface area contributed by atoms with E-state index in [1.54, 1.807) is 0 Å². The number of rotatable bonds is 6. The van der Waals surface area contributed by atoms with Crippen molar-refractivity contribution in [3.63, 3.8) is 0 Å². The van der Waals surface area contributed by atoms with Crippen LogP contribution in [0, 0.1) is 0 Å². The first-order valence-corrected chi connectivity index (χ1v) is 8.58. The second kappa shape index (κ2) is 6.66. The summed E-state index contributed by atoms with van der Waals surface area (Å²) in [4.78, 5) is 2.87. The van der Waals surface area contributed by atoms with Crippen molar-refractivity contribution in [1.82, 2.24) is 5.32 Å². The summed E-state index contributed by atoms with van der Waals surface area (Å²) in [6, 6.07) is 9.13. The van der Waals surface area contributed by atoms with Gasteiger partial charge in [-0.25, -0.2) is 0 Å². The van der Waals surface area contributed by atoms with Crippen molar-refractivity contribution < 1.29 is 4.74 Å². The first-order valence-electron chi connectivity index (χ1n) is 6.82. The highest BCUT2D eigenvalue weighted by Gasteiger charge is 2.19. The summed E-state index contributed by atoms with van der Waals surface area (Å²) in [7, 11) is 0. The minimum atomic E-state index is 0.408. The summed E-state index contributed by atoms with van der Waals surface area (Å²) >= 11 is 3.68. The molecule has 1 saturated heterocycles. The van der Waals surface area contributed by atoms with Crippen LogP contribution in [0.15, 0.2) is 35.0 Å². The molecule has 19 heavy (non-hydrogen) atoms. The van der Waals surface area contributed by atoms with Crippen molar-refractivity contribution in [3.05, 3.63) is 44.8 Å². The predicted molar refractivity (Wildman–Crippen MR) is 82.1 cm³/mol. The fourth-order valence-electron chi connectivity index (χ4n) is 2.47. The summed E-state index contributed by atoms with van der Waals surface area (Å²) in [5, 5.41) is 8.01. The molecule has 0 spiro atoms. The van der Waals surface area contributed by atoms with Gasteiger partial charge in [0, 0.05) is 35.4 Å². The number of hydrogen-bond acceptors (Lipinski definition) is 4. The zero-order chi connectivity index (χ0) is 12.9. The third-order valence-electron chi connectivity index (χ3n) is 3.49. The zero-order valence-electron chi connectivity index (χ0n) is 10.9. The average Bonchev–Trinajstić information content (AvgIpc) is 3.15. The van der Waals surface area contributed by atoms with Gasteiger partial charge in [0.15, 0.2) is 0 Å². The molecule has 3 heterocycles. The largest absolute Gasteiger partial charge is 0.377 e. The second-order valence-corrected chi connectivity index (χ2v) is 6.91. The maximum absolute atomic E-state index is 5.70. The van der Waals surface area contributed by atoms with E-state index in [9.17, 15) is 0 Å². The molecule has 1 N–H and O–H groups in total. The van der Waals surface area contributed by atoms with Crippen LogP contribution >= 0.6 is 22.7 Å². The van der Waals surface area contributed by atoms with Crippen LogP contribution in [0.5, 0.6) is 0 Å². The Labute approximate surface area is 122 Å². The molecule has 2 unspecified atom stereocenters. The lowest BCUT2D eigenvalue weighted by Gasteiger charge is -2.19. The Kier molecular flexibility index (Phi) is 4.66. The van der Waals surface area contributed by atoms with Crippen LogP contribution in [-0.4, -0.2) is 19.3 Å². The van der Waals surface area contributed by atoms with Gasteiger partial charge in [-0.05, 0) is 35.7 Å². The van der Waals surface area contributed by atoms with Crippen molar-refractivity contribution in [3.8, 4) is 0 Å². The van der Waals surface area contributed by atoms with Crippen LogP contribution in [0.1, 0.15) is 28.6 Å². The van der Waals surface area contributed by atoms with Gasteiger partial charge in [0.2, 0.25) is 0 Å². The second-order valence-electron chi connectivity index (χ2n) is 4.89. The summed E-state index contributed by atoms with van der Waals surface area (Å²) in [6.07, 6.45) is 3.89. The first kappa shape index (κ1) is 13.3. The van der Waals surface area contributed by atoms with Crippen molar-refractivity contribution in [2.24, 2.45) is 0 Å². The molecule has 102 valence electrons. The molecule has 3 rings (SSSR count). The van der Waals surface area contributed by atoms with E-state index < -0.39 is 0 Å². The average molecular weight is 293 g/mol. The van der Waals surface area contributed by atoms with Gasteiger partial charge in [0.25, 0.3) is 0 Å². The van der Waals surface area contributed by atoms with Crippen molar-refractivity contribution >= 4 is 22.7 Å². The minimum absolute atomic E-state index is 0.408. The Morgan fingerprint density at radius 2 is 2.16 bits per heavy atom. The van der Waals surface area contributed by atoms with Gasteiger partial charge >= 0.3 is 0 Å². The van der Waals surface area contributed by atoms with Crippen molar-refractivity contribution in [1.29, 1.82) is 0 Å². The van der Waals surface area contributed by atoms with E-state index in [2.05, 4.69) is 40.3 Å². The molecule has 1 fully saturated rings. The van der Waals surface area contributed by atoms with E-state index in [0.717, 1.165) is 19.6 Å². The normalized spacial score (nSPS) is 20.7. The van der Waals surface area contributed by atoms with Crippen LogP contribution < -0.4 is 5.32 Å². The molecular formula is C15H19NOS2. The zero-order valence-corrected chi connectivity index (χ0v) is 12.5. The fourth-order valence-corrected chi connectivity index (χ4v) is 4.03. The molecule has 2 nitrogen and oxygen atoms in total. The lowest BCUT2D eigenvalue weighted by Crippen LogP contribution is -2.30. The maximum Gasteiger partial charge on any atom is 0.0700 e. The van der Waals surface area contributed by atoms with Crippen LogP contribution in [0.3, 0.4) is 0 Å². The first-order chi connectivity index (χ1) is 9.42. The van der Waals surface area contributed by atoms with Gasteiger partial charge in [-0.15, -0.1) is 22.7 Å². The molecule has 2 aromatic heterocycles. The van der Waals surface area contributed by atoms with Gasteiger partial charge in [0.05, 0.1) is 6.10 Å². The predicted octanol–water partition coefficient (Wildman–Crippen LogP) is 3.86. The van der Waals surface area contributed by atoms with E-state index in [1.807, 2.05) is 22.7 Å². The number of ether oxygens (including phenoxy) is 1. The molecule has 0 bridgehead atoms. The summed E-state index contributed by atoms with van der Waals surface area (Å²) in [5.41, 5.74) is 0. The Balaban J connectivity index is 1.62. The topological polar surface area (TPSA) is 21.3 Å². The number of thiophene rings is 2. The minimum Gasteiger partial charge on any atom is -0.377 e. The van der Waals surface area contributed by atoms with Crippen LogP contribution in [-0.2, 0) is 11.2 Å². The monoisotopic (exact) mass is 293 g/mol. The van der Waals surface area contributed by atoms with Crippen LogP contribution in [0.4, 0.5) is 0 Å². The Hall–Kier alpha value is -0.680. The quantitative estimate of drug-likeness (QED) is 0.873. The molecule has 0 saturated carbocycles. The molecule has 2 atom stereocenters. The standard InChI is InChI=1S/C15H19NOS2/c1-4-12(17-7-1)11-16-14(15-6-3-9-19-15)10-13-5-2-8-18-13/h2-3,5-6,8-9,12,14,16H,1,4,7,10-11H2. The van der Waals surface area contributed by atoms with E-state index >= 15 is 0 Å². The van der Waals surface area contributed by atoms with E-state index in [0.29, 0.717) is 12.1 Å². The Morgan fingerprint density at radius 3 is 2.84 bits per heavy atom. The van der Waals surface area contributed by atoms with E-state index in [4.69, 9.17) is 4.74 Å². The summed E-state index contributed by atoms with van der Waals surface area (Å²) < 4.78 is 5.70. The van der Waals surface area contributed by atoms with E-state index in [1.165, 1.54) is 22.6 Å². The molecule has 0 aliphatic carbocycles. The lowest BCUT2D eigenvalue weighted by atomic mass is 10.1. The smallest absolute Gasteiger partial charge is 0.0700 e. The molecule has 2 aromatic rings. The molecule has 0 amide bonds. The van der Waals surface area contributed by atoms with Crippen molar-refractivity contribution in [2.45, 2.75) is 31.4 Å². The third kappa shape index (κ3) is 3.66. The third-order valence-corrected chi connectivity index (χ3v) is 5.37. The molecule has 4 heteroatoms. The number of nitrogens with one attached hydrogen (secondary N) is 1. The molecular weight excluding hydrogens is 274 g/mol. The van der Waals surface area contributed by atoms with Gasteiger partial charge < -0.3 is 10.1 Å². The number of hydrogen-bond donors (Lipinski definition) is 1. The molecule has 0 aromatic carbocycles. The van der Waals surface area contributed by atoms with Gasteiger partial charge in [-0.1, -0.05) is 12.1 Å². The Morgan fingerprint density at radius 1 is 1.26 bits per heavy atom. The Bertz CT molecular complexity index is 460. The van der Waals surface area contributed by atoms with Crippen molar-refractivity contribution in [2.75, 3.05) is 13.2 Å². The van der Waals surface area contributed by atoms with Gasteiger partial charge in [-0.3, -0.25) is 0 Å². The molecule has 0 radical (unpaired) electrons. The van der Waals surface area contributed by atoms with Crippen LogP contribution in [0.2, 0.25) is 0 Å². The maximum atomic E-state index is 5.70. The summed E-state index contributed by atoms with van der Waals surface area (Å²) in [5.74, 6) is 0. The SMILES string of the molecule is c1csc(CC(NCC2CCCO2)c2cccs2)c1.